The van der Waals surface area contributed by atoms with Crippen LogP contribution in [0.5, 0.6) is 5.75 Å². The molecule has 2 aromatic heterocycles. The van der Waals surface area contributed by atoms with Gasteiger partial charge in [-0.15, -0.1) is 0 Å². The lowest BCUT2D eigenvalue weighted by atomic mass is 10.1. The zero-order valence-corrected chi connectivity index (χ0v) is 14.8. The quantitative estimate of drug-likeness (QED) is 0.614. The Morgan fingerprint density at radius 2 is 2.19 bits per heavy atom. The second kappa shape index (κ2) is 7.40. The third-order valence-corrected chi connectivity index (χ3v) is 4.08. The fourth-order valence-electron chi connectivity index (χ4n) is 2.67. The molecule has 1 aromatic carbocycles. The number of benzene rings is 1. The normalized spacial score (nSPS) is 12.0. The molecule has 0 aliphatic carbocycles. The smallest absolute Gasteiger partial charge is 0.242 e. The van der Waals surface area contributed by atoms with Gasteiger partial charge in [-0.05, 0) is 37.1 Å². The zero-order valence-electron chi connectivity index (χ0n) is 14.8. The lowest BCUT2D eigenvalue weighted by molar-refractivity contribution is -0.121. The number of aromatic nitrogens is 4. The van der Waals surface area contributed by atoms with Gasteiger partial charge in [-0.1, -0.05) is 6.92 Å². The largest absolute Gasteiger partial charge is 0.505 e. The summed E-state index contributed by atoms with van der Waals surface area (Å²) in [7, 11) is 0. The molecule has 4 N–H and O–H groups in total. The molecule has 2 heterocycles. The van der Waals surface area contributed by atoms with Crippen LogP contribution in [0.15, 0.2) is 36.8 Å². The minimum absolute atomic E-state index is 0.288. The monoisotopic (exact) mass is 370 g/mol. The number of halogens is 1. The van der Waals surface area contributed by atoms with E-state index in [2.05, 4.69) is 20.4 Å². The van der Waals surface area contributed by atoms with Gasteiger partial charge >= 0.3 is 0 Å². The van der Waals surface area contributed by atoms with E-state index in [4.69, 9.17) is 5.73 Å². The Labute approximate surface area is 154 Å². The van der Waals surface area contributed by atoms with E-state index in [0.717, 1.165) is 5.56 Å². The molecule has 0 saturated heterocycles. The van der Waals surface area contributed by atoms with Gasteiger partial charge in [-0.25, -0.2) is 14.4 Å². The molecule has 0 saturated carbocycles. The second-order valence-electron chi connectivity index (χ2n) is 6.05. The van der Waals surface area contributed by atoms with Crippen molar-refractivity contribution < 1.29 is 14.3 Å². The van der Waals surface area contributed by atoms with Gasteiger partial charge in [0.2, 0.25) is 11.9 Å². The molecule has 8 nitrogen and oxygen atoms in total. The van der Waals surface area contributed by atoms with Crippen LogP contribution in [0, 0.1) is 12.7 Å². The van der Waals surface area contributed by atoms with Gasteiger partial charge in [0.25, 0.3) is 0 Å². The first-order chi connectivity index (χ1) is 12.9. The maximum absolute atomic E-state index is 13.7. The van der Waals surface area contributed by atoms with E-state index in [9.17, 15) is 14.3 Å². The van der Waals surface area contributed by atoms with Gasteiger partial charge in [0, 0.05) is 18.0 Å². The summed E-state index contributed by atoms with van der Waals surface area (Å²) < 4.78 is 15.1. The van der Waals surface area contributed by atoms with E-state index in [1.165, 1.54) is 23.0 Å². The molecule has 140 valence electrons. The van der Waals surface area contributed by atoms with Gasteiger partial charge in [-0.3, -0.25) is 9.48 Å². The molecule has 0 fully saturated rings. The summed E-state index contributed by atoms with van der Waals surface area (Å²) in [6.45, 7) is 3.65. The lowest BCUT2D eigenvalue weighted by Gasteiger charge is -2.11. The standard InChI is InChI=1S/C18H19FN6O2/c1-3-14(17(20)27)25-9-12(8-22-25)23-18-21-7-10(2)16(24-18)11-4-5-15(26)13(19)6-11/h4-9,14,26H,3H2,1-2H3,(H2,20,27)(H,21,23,24). The van der Waals surface area contributed by atoms with Gasteiger partial charge in [0.05, 0.1) is 17.6 Å². The Bertz CT molecular complexity index is 988. The predicted molar refractivity (Wildman–Crippen MR) is 97.9 cm³/mol. The number of hydrogen-bond acceptors (Lipinski definition) is 6. The number of nitrogens with one attached hydrogen (secondary N) is 1. The van der Waals surface area contributed by atoms with Crippen LogP contribution in [0.3, 0.4) is 0 Å². The molecule has 0 aliphatic heterocycles. The number of phenolic OH excluding ortho intramolecular Hbond substituents is 1. The molecule has 3 aromatic rings. The molecule has 1 amide bonds. The van der Waals surface area contributed by atoms with Crippen molar-refractivity contribution in [2.24, 2.45) is 5.73 Å². The molecule has 3 rings (SSSR count). The van der Waals surface area contributed by atoms with Crippen molar-refractivity contribution in [3.63, 3.8) is 0 Å². The number of nitrogens with zero attached hydrogens (tertiary/aromatic N) is 4. The SMILES string of the molecule is CCC(C(N)=O)n1cc(Nc2ncc(C)c(-c3ccc(O)c(F)c3)n2)cn1. The molecule has 1 unspecified atom stereocenters. The Morgan fingerprint density at radius 1 is 1.41 bits per heavy atom. The fourth-order valence-corrected chi connectivity index (χ4v) is 2.67. The molecule has 0 spiro atoms. The Hall–Kier alpha value is -3.49. The van der Waals surface area contributed by atoms with Crippen molar-refractivity contribution in [2.75, 3.05) is 5.32 Å². The highest BCUT2D eigenvalue weighted by Gasteiger charge is 2.16. The minimum atomic E-state index is -0.724. The molecular formula is C18H19FN6O2. The number of rotatable bonds is 6. The third kappa shape index (κ3) is 3.86. The second-order valence-corrected chi connectivity index (χ2v) is 6.05. The summed E-state index contributed by atoms with van der Waals surface area (Å²) in [4.78, 5) is 20.1. The summed E-state index contributed by atoms with van der Waals surface area (Å²) in [5.41, 5.74) is 7.75. The first-order valence-electron chi connectivity index (χ1n) is 8.32. The summed E-state index contributed by atoms with van der Waals surface area (Å²) in [5.74, 6) is -1.32. The first-order valence-corrected chi connectivity index (χ1v) is 8.32. The maximum atomic E-state index is 13.7. The van der Waals surface area contributed by atoms with Crippen molar-refractivity contribution in [1.82, 2.24) is 19.7 Å². The topological polar surface area (TPSA) is 119 Å². The molecule has 0 bridgehead atoms. The number of aryl methyl sites for hydroxylation is 1. The molecular weight excluding hydrogens is 351 g/mol. The number of phenols is 1. The van der Waals surface area contributed by atoms with Crippen LogP contribution in [-0.4, -0.2) is 30.8 Å². The Morgan fingerprint density at radius 3 is 2.85 bits per heavy atom. The number of amides is 1. The van der Waals surface area contributed by atoms with E-state index in [1.807, 2.05) is 6.92 Å². The fraction of sp³-hybridized carbons (Fsp3) is 0.222. The van der Waals surface area contributed by atoms with Crippen LogP contribution >= 0.6 is 0 Å². The van der Waals surface area contributed by atoms with Gasteiger partial charge in [0.1, 0.15) is 6.04 Å². The average Bonchev–Trinajstić information content (AvgIpc) is 3.07. The highest BCUT2D eigenvalue weighted by atomic mass is 19.1. The molecule has 0 radical (unpaired) electrons. The highest BCUT2D eigenvalue weighted by Crippen LogP contribution is 2.27. The van der Waals surface area contributed by atoms with E-state index in [-0.39, 0.29) is 5.95 Å². The molecule has 0 aliphatic rings. The summed E-state index contributed by atoms with van der Waals surface area (Å²) in [5, 5.41) is 16.5. The van der Waals surface area contributed by atoms with Crippen molar-refractivity contribution in [2.45, 2.75) is 26.3 Å². The summed E-state index contributed by atoms with van der Waals surface area (Å²) in [6, 6.07) is 3.53. The van der Waals surface area contributed by atoms with E-state index in [1.54, 1.807) is 25.4 Å². The van der Waals surface area contributed by atoms with Crippen molar-refractivity contribution >= 4 is 17.5 Å². The molecule has 1 atom stereocenters. The minimum Gasteiger partial charge on any atom is -0.505 e. The average molecular weight is 370 g/mol. The number of aromatic hydroxyl groups is 1. The van der Waals surface area contributed by atoms with Crippen molar-refractivity contribution in [3.8, 4) is 17.0 Å². The van der Waals surface area contributed by atoms with E-state index >= 15 is 0 Å². The maximum Gasteiger partial charge on any atom is 0.242 e. The Balaban J connectivity index is 1.87. The van der Waals surface area contributed by atoms with Crippen molar-refractivity contribution in [1.29, 1.82) is 0 Å². The van der Waals surface area contributed by atoms with Gasteiger partial charge in [0.15, 0.2) is 11.6 Å². The number of anilines is 2. The van der Waals surface area contributed by atoms with E-state index in [0.29, 0.717) is 23.4 Å². The van der Waals surface area contributed by atoms with Crippen LogP contribution in [0.25, 0.3) is 11.3 Å². The van der Waals surface area contributed by atoms with Crippen LogP contribution < -0.4 is 11.1 Å². The third-order valence-electron chi connectivity index (χ3n) is 4.08. The number of primary amides is 1. The molecule has 27 heavy (non-hydrogen) atoms. The Kier molecular flexibility index (Phi) is 5.02. The lowest BCUT2D eigenvalue weighted by Crippen LogP contribution is -2.26. The van der Waals surface area contributed by atoms with Crippen molar-refractivity contribution in [3.05, 3.63) is 48.2 Å². The van der Waals surface area contributed by atoms with Crippen LogP contribution in [0.1, 0.15) is 24.9 Å². The van der Waals surface area contributed by atoms with Crippen LogP contribution in [0.2, 0.25) is 0 Å². The number of nitrogens with two attached hydrogens (primary N) is 1. The zero-order chi connectivity index (χ0) is 19.6. The number of hydrogen-bond donors (Lipinski definition) is 3. The number of carbonyl (C=O) groups excluding carboxylic acids is 1. The molecule has 9 heteroatoms. The highest BCUT2D eigenvalue weighted by molar-refractivity contribution is 5.78. The number of carbonyl (C=O) groups is 1. The van der Waals surface area contributed by atoms with Gasteiger partial charge < -0.3 is 16.2 Å². The van der Waals surface area contributed by atoms with E-state index < -0.39 is 23.5 Å². The van der Waals surface area contributed by atoms with Crippen LogP contribution in [-0.2, 0) is 4.79 Å². The van der Waals surface area contributed by atoms with Crippen LogP contribution in [0.4, 0.5) is 16.0 Å². The predicted octanol–water partition coefficient (Wildman–Crippen LogP) is 2.67. The first kappa shape index (κ1) is 18.3. The van der Waals surface area contributed by atoms with Gasteiger partial charge in [-0.2, -0.15) is 5.10 Å². The summed E-state index contributed by atoms with van der Waals surface area (Å²) >= 11 is 0. The summed E-state index contributed by atoms with van der Waals surface area (Å²) in [6.07, 6.45) is 5.31.